The van der Waals surface area contributed by atoms with Crippen molar-refractivity contribution in [3.63, 3.8) is 0 Å². The van der Waals surface area contributed by atoms with E-state index in [0.717, 1.165) is 17.5 Å². The average Bonchev–Trinajstić information content (AvgIpc) is 2.53. The maximum absolute atomic E-state index is 12.6. The van der Waals surface area contributed by atoms with E-state index in [1.54, 1.807) is 0 Å². The predicted molar refractivity (Wildman–Crippen MR) is 72.8 cm³/mol. The Kier molecular flexibility index (Phi) is 3.90. The van der Waals surface area contributed by atoms with E-state index >= 15 is 0 Å². The van der Waals surface area contributed by atoms with Gasteiger partial charge in [-0.15, -0.1) is 0 Å². The molecule has 0 saturated carbocycles. The van der Waals surface area contributed by atoms with Crippen LogP contribution < -0.4 is 0 Å². The summed E-state index contributed by atoms with van der Waals surface area (Å²) in [6, 6.07) is 7.72. The molecule has 21 heavy (non-hydrogen) atoms. The second-order valence-corrected chi connectivity index (χ2v) is 5.18. The van der Waals surface area contributed by atoms with Crippen molar-refractivity contribution >= 4 is 11.9 Å². The van der Waals surface area contributed by atoms with Crippen molar-refractivity contribution in [2.24, 2.45) is 0 Å². The van der Waals surface area contributed by atoms with Crippen molar-refractivity contribution in [3.05, 3.63) is 35.4 Å². The number of fused-ring (bicyclic) bond motifs is 1. The first kappa shape index (κ1) is 14.0. The lowest BCUT2D eigenvalue weighted by Gasteiger charge is -2.35. The number of hydrogen-bond acceptors (Lipinski definition) is 4. The van der Waals surface area contributed by atoms with Gasteiger partial charge in [0.05, 0.1) is 19.8 Å². The monoisotopic (exact) mass is 291 g/mol. The predicted octanol–water partition coefficient (Wildman–Crippen LogP) is 0.612. The van der Waals surface area contributed by atoms with Gasteiger partial charge in [0.25, 0.3) is 5.91 Å². The molecule has 1 N–H and O–H groups in total. The first-order valence-corrected chi connectivity index (χ1v) is 6.99. The molecule has 2 heterocycles. The number of nitrogens with zero attached hydrogens (tertiary/aromatic N) is 1. The zero-order valence-corrected chi connectivity index (χ0v) is 11.5. The molecule has 3 rings (SSSR count). The highest BCUT2D eigenvalue weighted by atomic mass is 16.5. The Morgan fingerprint density at radius 3 is 2.81 bits per heavy atom. The molecule has 0 aromatic heterocycles. The third-order valence-electron chi connectivity index (χ3n) is 3.87. The lowest BCUT2D eigenvalue weighted by atomic mass is 9.96. The first-order chi connectivity index (χ1) is 10.2. The van der Waals surface area contributed by atoms with Crippen LogP contribution in [-0.4, -0.2) is 54.3 Å². The van der Waals surface area contributed by atoms with Crippen molar-refractivity contribution in [2.75, 3.05) is 26.3 Å². The van der Waals surface area contributed by atoms with Crippen LogP contribution >= 0.6 is 0 Å². The van der Waals surface area contributed by atoms with E-state index in [1.165, 1.54) is 4.90 Å². The van der Waals surface area contributed by atoms with E-state index in [-0.39, 0.29) is 19.1 Å². The van der Waals surface area contributed by atoms with Gasteiger partial charge in [-0.2, -0.15) is 0 Å². The lowest BCUT2D eigenvalue weighted by Crippen LogP contribution is -2.50. The fraction of sp³-hybridized carbons (Fsp3) is 0.467. The molecule has 1 amide bonds. The van der Waals surface area contributed by atoms with Gasteiger partial charge in [0.1, 0.15) is 0 Å². The molecule has 0 radical (unpaired) electrons. The Morgan fingerprint density at radius 2 is 2.00 bits per heavy atom. The van der Waals surface area contributed by atoms with Gasteiger partial charge >= 0.3 is 5.97 Å². The zero-order valence-electron chi connectivity index (χ0n) is 11.5. The second kappa shape index (κ2) is 5.83. The normalized spacial score (nSPS) is 25.2. The molecule has 1 saturated heterocycles. The quantitative estimate of drug-likeness (QED) is 0.864. The van der Waals surface area contributed by atoms with Crippen molar-refractivity contribution in [2.45, 2.75) is 18.6 Å². The van der Waals surface area contributed by atoms with E-state index < -0.39 is 18.2 Å². The number of morpholine rings is 1. The smallest absolute Gasteiger partial charge is 0.334 e. The molecule has 112 valence electrons. The zero-order chi connectivity index (χ0) is 14.8. The Hall–Kier alpha value is -1.92. The van der Waals surface area contributed by atoms with Gasteiger partial charge in [-0.3, -0.25) is 4.79 Å². The van der Waals surface area contributed by atoms with Crippen LogP contribution in [0.2, 0.25) is 0 Å². The fourth-order valence-electron chi connectivity index (χ4n) is 2.76. The van der Waals surface area contributed by atoms with Crippen LogP contribution in [0.4, 0.5) is 0 Å². The summed E-state index contributed by atoms with van der Waals surface area (Å²) in [5.74, 6) is -1.23. The van der Waals surface area contributed by atoms with Crippen molar-refractivity contribution in [1.29, 1.82) is 0 Å². The molecule has 0 aliphatic carbocycles. The van der Waals surface area contributed by atoms with Crippen LogP contribution in [0.1, 0.15) is 17.2 Å². The number of carboxylic acids is 1. The molecular weight excluding hydrogens is 274 g/mol. The highest BCUT2D eigenvalue weighted by Gasteiger charge is 2.35. The summed E-state index contributed by atoms with van der Waals surface area (Å²) in [6.45, 7) is 1.19. The number of ether oxygens (including phenoxy) is 2. The third kappa shape index (κ3) is 2.77. The van der Waals surface area contributed by atoms with Gasteiger partial charge in [0, 0.05) is 6.54 Å². The molecule has 2 aliphatic heterocycles. The summed E-state index contributed by atoms with van der Waals surface area (Å²) in [5.41, 5.74) is 2.00. The average molecular weight is 291 g/mol. The van der Waals surface area contributed by atoms with E-state index in [9.17, 15) is 9.59 Å². The highest BCUT2D eigenvalue weighted by molar-refractivity contribution is 5.84. The summed E-state index contributed by atoms with van der Waals surface area (Å²) in [7, 11) is 0. The summed E-state index contributed by atoms with van der Waals surface area (Å²) in [4.78, 5) is 25.2. The van der Waals surface area contributed by atoms with Crippen molar-refractivity contribution in [1.82, 2.24) is 4.90 Å². The van der Waals surface area contributed by atoms with E-state index in [2.05, 4.69) is 0 Å². The SMILES string of the molecule is O=C(O)[C@@H]1CN(C(=O)[C@@H]2OCCc3ccccc32)CCO1. The molecule has 2 atom stereocenters. The van der Waals surface area contributed by atoms with Gasteiger partial charge < -0.3 is 19.5 Å². The van der Waals surface area contributed by atoms with Crippen LogP contribution in [0, 0.1) is 0 Å². The van der Waals surface area contributed by atoms with Crippen LogP contribution in [0.5, 0.6) is 0 Å². The molecule has 1 aromatic carbocycles. The molecular formula is C15H17NO5. The minimum atomic E-state index is -1.04. The minimum Gasteiger partial charge on any atom is -0.479 e. The number of carbonyl (C=O) groups excluding carboxylic acids is 1. The minimum absolute atomic E-state index is 0.0657. The van der Waals surface area contributed by atoms with Crippen LogP contribution in [-0.2, 0) is 25.5 Å². The topological polar surface area (TPSA) is 76.1 Å². The molecule has 0 unspecified atom stereocenters. The van der Waals surface area contributed by atoms with Gasteiger partial charge in [0.15, 0.2) is 12.2 Å². The molecule has 2 aliphatic rings. The number of hydrogen-bond donors (Lipinski definition) is 1. The largest absolute Gasteiger partial charge is 0.479 e. The molecule has 0 bridgehead atoms. The summed E-state index contributed by atoms with van der Waals surface area (Å²) >= 11 is 0. The van der Waals surface area contributed by atoms with Crippen LogP contribution in [0.15, 0.2) is 24.3 Å². The Bertz CT molecular complexity index is 559. The Labute approximate surface area is 122 Å². The number of benzene rings is 1. The number of aliphatic carboxylic acids is 1. The summed E-state index contributed by atoms with van der Waals surface area (Å²) in [6.07, 6.45) is -0.801. The number of carbonyl (C=O) groups is 2. The summed E-state index contributed by atoms with van der Waals surface area (Å²) in [5, 5.41) is 9.01. The Morgan fingerprint density at radius 1 is 1.19 bits per heavy atom. The van der Waals surface area contributed by atoms with Gasteiger partial charge in [-0.1, -0.05) is 24.3 Å². The fourth-order valence-corrected chi connectivity index (χ4v) is 2.76. The van der Waals surface area contributed by atoms with Gasteiger partial charge in [-0.25, -0.2) is 4.79 Å². The molecule has 6 nitrogen and oxygen atoms in total. The number of amides is 1. The van der Waals surface area contributed by atoms with Gasteiger partial charge in [0.2, 0.25) is 0 Å². The maximum Gasteiger partial charge on any atom is 0.334 e. The molecule has 1 aromatic rings. The molecule has 6 heteroatoms. The third-order valence-corrected chi connectivity index (χ3v) is 3.87. The highest BCUT2D eigenvalue weighted by Crippen LogP contribution is 2.29. The van der Waals surface area contributed by atoms with Crippen molar-refractivity contribution in [3.8, 4) is 0 Å². The van der Waals surface area contributed by atoms with Crippen LogP contribution in [0.3, 0.4) is 0 Å². The maximum atomic E-state index is 12.6. The lowest BCUT2D eigenvalue weighted by molar-refractivity contribution is -0.164. The van der Waals surface area contributed by atoms with Crippen LogP contribution in [0.25, 0.3) is 0 Å². The van der Waals surface area contributed by atoms with Gasteiger partial charge in [-0.05, 0) is 17.5 Å². The Balaban J connectivity index is 1.78. The second-order valence-electron chi connectivity index (χ2n) is 5.18. The van der Waals surface area contributed by atoms with E-state index in [4.69, 9.17) is 14.6 Å². The first-order valence-electron chi connectivity index (χ1n) is 6.99. The van der Waals surface area contributed by atoms with Crippen molar-refractivity contribution < 1.29 is 24.2 Å². The van der Waals surface area contributed by atoms with E-state index in [0.29, 0.717) is 13.2 Å². The summed E-state index contributed by atoms with van der Waals surface area (Å²) < 4.78 is 10.8. The number of rotatable bonds is 2. The number of carboxylic acid groups (broad SMARTS) is 1. The molecule has 1 fully saturated rings. The standard InChI is InChI=1S/C15H17NO5/c17-14(16-6-8-20-12(9-16)15(18)19)13-11-4-2-1-3-10(11)5-7-21-13/h1-4,12-13H,5-9H2,(H,18,19)/t12-,13+/m0/s1. The van der Waals surface area contributed by atoms with E-state index in [1.807, 2.05) is 24.3 Å². The molecule has 0 spiro atoms.